The highest BCUT2D eigenvalue weighted by Crippen LogP contribution is 2.19. The number of nitrogen functional groups attached to an aromatic ring is 1. The molecule has 0 saturated heterocycles. The topological polar surface area (TPSA) is 98.2 Å². The summed E-state index contributed by atoms with van der Waals surface area (Å²) >= 11 is 0. The molecule has 5 nitrogen and oxygen atoms in total. The van der Waals surface area contributed by atoms with Crippen molar-refractivity contribution in [2.45, 2.75) is 11.8 Å². The average molecular weight is 241 g/mol. The molecule has 0 radical (unpaired) electrons. The Kier molecular flexibility index (Phi) is 3.56. The minimum Gasteiger partial charge on any atom is -0.399 e. The van der Waals surface area contributed by atoms with Gasteiger partial charge in [0.05, 0.1) is 4.90 Å². The first-order valence-corrected chi connectivity index (χ1v) is 6.15. The summed E-state index contributed by atoms with van der Waals surface area (Å²) in [6.07, 6.45) is 0. The van der Waals surface area contributed by atoms with E-state index in [1.165, 1.54) is 12.1 Å². The number of primary sulfonamides is 1. The maximum absolute atomic E-state index is 11.2. The van der Waals surface area contributed by atoms with Crippen LogP contribution in [0.25, 0.3) is 0 Å². The summed E-state index contributed by atoms with van der Waals surface area (Å²) < 4.78 is 22.3. The molecular formula is C10H15N3O2S. The highest BCUT2D eigenvalue weighted by molar-refractivity contribution is 7.89. The predicted octanol–water partition coefficient (Wildman–Crippen LogP) is 0.904. The molecule has 0 aliphatic heterocycles. The van der Waals surface area contributed by atoms with Gasteiger partial charge in [-0.3, -0.25) is 0 Å². The van der Waals surface area contributed by atoms with Crippen molar-refractivity contribution in [1.29, 1.82) is 0 Å². The normalized spacial score (nSPS) is 11.1. The molecule has 0 spiro atoms. The van der Waals surface area contributed by atoms with Crippen LogP contribution in [-0.4, -0.2) is 15.0 Å². The highest BCUT2D eigenvalue weighted by atomic mass is 32.2. The number of hydrogen-bond acceptors (Lipinski definition) is 4. The van der Waals surface area contributed by atoms with Crippen LogP contribution in [0.3, 0.4) is 0 Å². The van der Waals surface area contributed by atoms with Crippen LogP contribution in [-0.2, 0) is 10.0 Å². The fourth-order valence-corrected chi connectivity index (χ4v) is 1.73. The Labute approximate surface area is 95.2 Å². The zero-order valence-corrected chi connectivity index (χ0v) is 9.84. The van der Waals surface area contributed by atoms with E-state index in [1.807, 2.05) is 6.92 Å². The number of nitrogens with one attached hydrogen (secondary N) is 1. The van der Waals surface area contributed by atoms with Crippen molar-refractivity contribution >= 4 is 21.4 Å². The van der Waals surface area contributed by atoms with Crippen molar-refractivity contribution in [3.05, 3.63) is 30.4 Å². The molecule has 6 heteroatoms. The van der Waals surface area contributed by atoms with Crippen LogP contribution in [0.4, 0.5) is 11.4 Å². The summed E-state index contributed by atoms with van der Waals surface area (Å²) in [4.78, 5) is -0.00304. The van der Waals surface area contributed by atoms with E-state index in [2.05, 4.69) is 11.9 Å². The molecule has 88 valence electrons. The van der Waals surface area contributed by atoms with Crippen LogP contribution in [0.1, 0.15) is 6.92 Å². The predicted molar refractivity (Wildman–Crippen MR) is 65.5 cm³/mol. The second kappa shape index (κ2) is 4.54. The monoisotopic (exact) mass is 241 g/mol. The largest absolute Gasteiger partial charge is 0.399 e. The summed E-state index contributed by atoms with van der Waals surface area (Å²) in [5.74, 6) is 0. The first kappa shape index (κ1) is 12.5. The lowest BCUT2D eigenvalue weighted by Gasteiger charge is -2.08. The van der Waals surface area contributed by atoms with Crippen LogP contribution in [0.5, 0.6) is 0 Å². The Morgan fingerprint density at radius 3 is 2.56 bits per heavy atom. The Morgan fingerprint density at radius 1 is 1.44 bits per heavy atom. The smallest absolute Gasteiger partial charge is 0.238 e. The van der Waals surface area contributed by atoms with Gasteiger partial charge in [-0.25, -0.2) is 13.6 Å². The Balaban J connectivity index is 3.04. The van der Waals surface area contributed by atoms with Gasteiger partial charge >= 0.3 is 0 Å². The first-order valence-electron chi connectivity index (χ1n) is 4.60. The van der Waals surface area contributed by atoms with Gasteiger partial charge < -0.3 is 11.1 Å². The van der Waals surface area contributed by atoms with Gasteiger partial charge in [0, 0.05) is 17.9 Å². The summed E-state index contributed by atoms with van der Waals surface area (Å²) in [5.41, 5.74) is 7.46. The van der Waals surface area contributed by atoms with Gasteiger partial charge in [-0.15, -0.1) is 0 Å². The molecule has 1 aromatic rings. The number of sulfonamides is 1. The number of anilines is 2. The van der Waals surface area contributed by atoms with Gasteiger partial charge in [0.2, 0.25) is 10.0 Å². The highest BCUT2D eigenvalue weighted by Gasteiger charge is 2.09. The summed E-state index contributed by atoms with van der Waals surface area (Å²) in [7, 11) is -3.73. The lowest BCUT2D eigenvalue weighted by molar-refractivity contribution is 0.598. The second-order valence-electron chi connectivity index (χ2n) is 3.65. The Bertz CT molecular complexity index is 509. The van der Waals surface area contributed by atoms with E-state index < -0.39 is 10.0 Å². The number of benzene rings is 1. The quantitative estimate of drug-likeness (QED) is 0.539. The van der Waals surface area contributed by atoms with Crippen molar-refractivity contribution in [2.75, 3.05) is 17.6 Å². The molecular weight excluding hydrogens is 226 g/mol. The van der Waals surface area contributed by atoms with Crippen LogP contribution in [0, 0.1) is 0 Å². The Hall–Kier alpha value is -1.53. The van der Waals surface area contributed by atoms with E-state index in [0.29, 0.717) is 17.9 Å². The van der Waals surface area contributed by atoms with Crippen molar-refractivity contribution < 1.29 is 8.42 Å². The number of rotatable bonds is 4. The molecule has 0 heterocycles. The molecule has 16 heavy (non-hydrogen) atoms. The summed E-state index contributed by atoms with van der Waals surface area (Å²) in [6.45, 7) is 6.14. The summed E-state index contributed by atoms with van der Waals surface area (Å²) in [6, 6.07) is 4.40. The fourth-order valence-electron chi connectivity index (χ4n) is 1.14. The van der Waals surface area contributed by atoms with Gasteiger partial charge in [-0.05, 0) is 25.1 Å². The van der Waals surface area contributed by atoms with Crippen LogP contribution in [0.15, 0.2) is 35.2 Å². The molecule has 5 N–H and O–H groups in total. The van der Waals surface area contributed by atoms with Crippen molar-refractivity contribution in [3.8, 4) is 0 Å². The lowest BCUT2D eigenvalue weighted by Crippen LogP contribution is -2.13. The van der Waals surface area contributed by atoms with Gasteiger partial charge in [0.15, 0.2) is 0 Å². The maximum atomic E-state index is 11.2. The van der Waals surface area contributed by atoms with E-state index in [9.17, 15) is 8.42 Å². The zero-order chi connectivity index (χ0) is 12.3. The molecule has 0 bridgehead atoms. The minimum absolute atomic E-state index is 0.00304. The zero-order valence-electron chi connectivity index (χ0n) is 9.03. The molecule has 1 aromatic carbocycles. The van der Waals surface area contributed by atoms with Crippen molar-refractivity contribution in [2.24, 2.45) is 5.14 Å². The average Bonchev–Trinajstić information content (AvgIpc) is 2.12. The third-order valence-corrected chi connectivity index (χ3v) is 2.74. The number of nitrogens with two attached hydrogens (primary N) is 2. The van der Waals surface area contributed by atoms with Gasteiger partial charge in [0.25, 0.3) is 0 Å². The van der Waals surface area contributed by atoms with Crippen LogP contribution < -0.4 is 16.2 Å². The van der Waals surface area contributed by atoms with Gasteiger partial charge in [-0.1, -0.05) is 12.2 Å². The summed E-state index contributed by atoms with van der Waals surface area (Å²) in [5, 5.41) is 8.02. The first-order chi connectivity index (χ1) is 7.29. The lowest BCUT2D eigenvalue weighted by atomic mass is 10.2. The van der Waals surface area contributed by atoms with E-state index in [1.54, 1.807) is 6.07 Å². The van der Waals surface area contributed by atoms with Crippen LogP contribution in [0.2, 0.25) is 0 Å². The molecule has 0 aliphatic rings. The minimum atomic E-state index is -3.73. The molecule has 0 aromatic heterocycles. The van der Waals surface area contributed by atoms with Crippen LogP contribution >= 0.6 is 0 Å². The van der Waals surface area contributed by atoms with E-state index in [4.69, 9.17) is 10.9 Å². The van der Waals surface area contributed by atoms with Gasteiger partial charge in [-0.2, -0.15) is 0 Å². The maximum Gasteiger partial charge on any atom is 0.238 e. The standard InChI is InChI=1S/C10H15N3O2S/c1-7(2)6-13-9-3-8(11)4-10(5-9)16(12,14)15/h3-5,13H,1,6,11H2,2H3,(H2,12,14,15). The molecule has 0 fully saturated rings. The van der Waals surface area contributed by atoms with E-state index in [0.717, 1.165) is 5.57 Å². The second-order valence-corrected chi connectivity index (χ2v) is 5.21. The van der Waals surface area contributed by atoms with Crippen molar-refractivity contribution in [1.82, 2.24) is 0 Å². The number of hydrogen-bond donors (Lipinski definition) is 3. The van der Waals surface area contributed by atoms with E-state index in [-0.39, 0.29) is 4.90 Å². The van der Waals surface area contributed by atoms with Crippen molar-refractivity contribution in [3.63, 3.8) is 0 Å². The molecule has 1 rings (SSSR count). The van der Waals surface area contributed by atoms with Gasteiger partial charge in [0.1, 0.15) is 0 Å². The molecule has 0 amide bonds. The van der Waals surface area contributed by atoms with E-state index >= 15 is 0 Å². The Morgan fingerprint density at radius 2 is 2.06 bits per heavy atom. The molecule has 0 unspecified atom stereocenters. The molecule has 0 atom stereocenters. The molecule has 0 saturated carbocycles. The molecule has 0 aliphatic carbocycles. The fraction of sp³-hybridized carbons (Fsp3) is 0.200. The third-order valence-electron chi connectivity index (χ3n) is 1.85. The SMILES string of the molecule is C=C(C)CNc1cc(N)cc(S(N)(=O)=O)c1. The third kappa shape index (κ3) is 3.56.